The van der Waals surface area contributed by atoms with Crippen LogP contribution in [-0.4, -0.2) is 15.7 Å². The summed E-state index contributed by atoms with van der Waals surface area (Å²) in [4.78, 5) is 27.2. The maximum atomic E-state index is 13.2. The van der Waals surface area contributed by atoms with E-state index in [1.807, 2.05) is 55.1 Å². The van der Waals surface area contributed by atoms with Gasteiger partial charge in [-0.2, -0.15) is 0 Å². The molecule has 7 heteroatoms. The van der Waals surface area contributed by atoms with Gasteiger partial charge in [0, 0.05) is 26.8 Å². The van der Waals surface area contributed by atoms with Gasteiger partial charge in [0.1, 0.15) is 6.54 Å². The van der Waals surface area contributed by atoms with E-state index in [0.717, 1.165) is 32.1 Å². The van der Waals surface area contributed by atoms with Gasteiger partial charge in [0.25, 0.3) is 0 Å². The first-order chi connectivity index (χ1) is 16.0. The minimum absolute atomic E-state index is 0.0429. The normalized spacial score (nSPS) is 27.3. The van der Waals surface area contributed by atoms with E-state index in [4.69, 9.17) is 11.6 Å². The molecule has 2 fully saturated rings. The molecule has 0 spiro atoms. The van der Waals surface area contributed by atoms with Crippen molar-refractivity contribution in [2.45, 2.75) is 48.9 Å². The first-order valence-corrected chi connectivity index (χ1v) is 13.6. The highest BCUT2D eigenvalue weighted by Crippen LogP contribution is 2.64. The van der Waals surface area contributed by atoms with Crippen LogP contribution < -0.4 is 10.2 Å². The van der Waals surface area contributed by atoms with Crippen LogP contribution in [-0.2, 0) is 11.3 Å². The molecule has 0 radical (unpaired) electrons. The Morgan fingerprint density at radius 3 is 2.67 bits per heavy atom. The molecular formula is C26H25ClN2O2S2. The maximum Gasteiger partial charge on any atom is 0.308 e. The van der Waals surface area contributed by atoms with Crippen molar-refractivity contribution in [2.24, 2.45) is 17.8 Å². The molecule has 1 amide bonds. The van der Waals surface area contributed by atoms with Gasteiger partial charge < -0.3 is 5.32 Å². The predicted octanol–water partition coefficient (Wildman–Crippen LogP) is 6.16. The summed E-state index contributed by atoms with van der Waals surface area (Å²) >= 11 is 9.37. The summed E-state index contributed by atoms with van der Waals surface area (Å²) in [6, 6.07) is 15.9. The topological polar surface area (TPSA) is 51.1 Å². The van der Waals surface area contributed by atoms with E-state index >= 15 is 0 Å². The second kappa shape index (κ2) is 8.33. The van der Waals surface area contributed by atoms with Gasteiger partial charge in [-0.05, 0) is 73.3 Å². The van der Waals surface area contributed by atoms with Crippen LogP contribution in [0.25, 0.3) is 0 Å². The number of rotatable bonds is 4. The van der Waals surface area contributed by atoms with Crippen LogP contribution in [0, 0.1) is 24.7 Å². The maximum absolute atomic E-state index is 13.2. The number of thioether (sulfide) groups is 1. The third-order valence-corrected chi connectivity index (χ3v) is 10.7. The Balaban J connectivity index is 1.37. The highest BCUT2D eigenvalue weighted by Gasteiger charge is 2.55. The molecule has 2 saturated carbocycles. The largest absolute Gasteiger partial charge is 0.324 e. The van der Waals surface area contributed by atoms with E-state index in [0.29, 0.717) is 17.1 Å². The fourth-order valence-electron chi connectivity index (χ4n) is 6.18. The van der Waals surface area contributed by atoms with E-state index in [9.17, 15) is 9.59 Å². The van der Waals surface area contributed by atoms with Gasteiger partial charge in [0.2, 0.25) is 5.91 Å². The summed E-state index contributed by atoms with van der Waals surface area (Å²) in [6.07, 6.45) is 3.86. The smallest absolute Gasteiger partial charge is 0.308 e. The molecule has 3 aromatic rings. The number of nitrogens with zero attached hydrogens (tertiary/aromatic N) is 1. The monoisotopic (exact) mass is 496 g/mol. The standard InChI is InChI=1S/C26H25ClN2O2S2/c1-14-4-2-3-5-19(14)28-20(30)13-29-25-24(33-26(29)31)21(15-8-10-18(27)11-9-15)22-16-6-7-17(12-16)23(22)32-25/h2-5,8-11,16-17,21-23H,6-7,12-13H2,1H3,(H,28,30)/t16-,17-,21+,22+,23-/m0/s1. The van der Waals surface area contributed by atoms with Crippen molar-refractivity contribution >= 4 is 46.3 Å². The van der Waals surface area contributed by atoms with E-state index in [1.165, 1.54) is 36.2 Å². The van der Waals surface area contributed by atoms with Crippen LogP contribution in [0.5, 0.6) is 0 Å². The Labute approximate surface area is 206 Å². The molecule has 5 atom stereocenters. The molecular weight excluding hydrogens is 472 g/mol. The zero-order chi connectivity index (χ0) is 22.7. The number of amides is 1. The molecule has 4 nitrogen and oxygen atoms in total. The van der Waals surface area contributed by atoms with E-state index < -0.39 is 0 Å². The number of hydrogen-bond donors (Lipinski definition) is 1. The minimum atomic E-state index is -0.161. The SMILES string of the molecule is Cc1ccccc1NC(=O)Cn1c2c(sc1=O)[C@H](c1ccc(Cl)cc1)[C@H]1[C@H]3CC[C@@H](C3)[C@@H]1S2. The van der Waals surface area contributed by atoms with Gasteiger partial charge in [0.05, 0.1) is 5.03 Å². The Hall–Kier alpha value is -2.02. The Morgan fingerprint density at radius 2 is 1.88 bits per heavy atom. The van der Waals surface area contributed by atoms with Gasteiger partial charge in [-0.25, -0.2) is 0 Å². The van der Waals surface area contributed by atoms with Crippen LogP contribution >= 0.6 is 34.7 Å². The number of para-hydroxylation sites is 1. The Bertz CT molecular complexity index is 1280. The summed E-state index contributed by atoms with van der Waals surface area (Å²) in [7, 11) is 0. The van der Waals surface area contributed by atoms with E-state index in [2.05, 4.69) is 17.4 Å². The molecule has 0 unspecified atom stereocenters. The summed E-state index contributed by atoms with van der Waals surface area (Å²) in [6.45, 7) is 2.01. The average molecular weight is 497 g/mol. The van der Waals surface area contributed by atoms with Gasteiger partial charge in [-0.1, -0.05) is 53.3 Å². The molecule has 1 N–H and O–H groups in total. The van der Waals surface area contributed by atoms with Crippen LogP contribution in [0.15, 0.2) is 58.4 Å². The van der Waals surface area contributed by atoms with Crippen LogP contribution in [0.2, 0.25) is 5.02 Å². The number of benzene rings is 2. The molecule has 0 saturated heterocycles. The van der Waals surface area contributed by atoms with Gasteiger partial charge in [-0.3, -0.25) is 14.2 Å². The Morgan fingerprint density at radius 1 is 1.12 bits per heavy atom. The molecule has 6 rings (SSSR count). The molecule has 3 aliphatic rings. The number of thiazole rings is 1. The van der Waals surface area contributed by atoms with Crippen molar-refractivity contribution in [3.8, 4) is 0 Å². The summed E-state index contributed by atoms with van der Waals surface area (Å²) in [5, 5.41) is 5.23. The lowest BCUT2D eigenvalue weighted by Crippen LogP contribution is -2.34. The average Bonchev–Trinajstić information content (AvgIpc) is 3.49. The molecule has 1 aliphatic heterocycles. The first-order valence-electron chi connectivity index (χ1n) is 11.5. The molecule has 33 heavy (non-hydrogen) atoms. The second-order valence-corrected chi connectivity index (χ2v) is 12.1. The van der Waals surface area contributed by atoms with Crippen molar-refractivity contribution in [1.29, 1.82) is 0 Å². The summed E-state index contributed by atoms with van der Waals surface area (Å²) in [5.74, 6) is 2.02. The summed E-state index contributed by atoms with van der Waals surface area (Å²) in [5.41, 5.74) is 3.04. The highest BCUT2D eigenvalue weighted by molar-refractivity contribution is 8.00. The zero-order valence-electron chi connectivity index (χ0n) is 18.3. The lowest BCUT2D eigenvalue weighted by Gasteiger charge is -2.40. The summed E-state index contributed by atoms with van der Waals surface area (Å²) < 4.78 is 1.71. The fourth-order valence-corrected chi connectivity index (χ4v) is 9.45. The van der Waals surface area contributed by atoms with Crippen molar-refractivity contribution < 1.29 is 4.79 Å². The number of halogens is 1. The fraction of sp³-hybridized carbons (Fsp3) is 0.385. The number of anilines is 1. The number of aromatic nitrogens is 1. The first kappa shape index (κ1) is 21.5. The number of hydrogen-bond acceptors (Lipinski definition) is 4. The highest BCUT2D eigenvalue weighted by atomic mass is 35.5. The molecule has 2 aromatic carbocycles. The number of fused-ring (bicyclic) bond motifs is 6. The van der Waals surface area contributed by atoms with Crippen molar-refractivity contribution in [3.05, 3.63) is 79.2 Å². The lowest BCUT2D eigenvalue weighted by atomic mass is 9.75. The molecule has 2 aliphatic carbocycles. The van der Waals surface area contributed by atoms with Gasteiger partial charge >= 0.3 is 4.87 Å². The van der Waals surface area contributed by atoms with Crippen LogP contribution in [0.4, 0.5) is 5.69 Å². The Kier molecular flexibility index (Phi) is 5.43. The minimum Gasteiger partial charge on any atom is -0.324 e. The van der Waals surface area contributed by atoms with Gasteiger partial charge in [0.15, 0.2) is 0 Å². The molecule has 1 aromatic heterocycles. The van der Waals surface area contributed by atoms with E-state index in [1.54, 1.807) is 4.57 Å². The molecule has 170 valence electrons. The zero-order valence-corrected chi connectivity index (χ0v) is 20.7. The lowest BCUT2D eigenvalue weighted by molar-refractivity contribution is -0.116. The third-order valence-electron chi connectivity index (χ3n) is 7.64. The van der Waals surface area contributed by atoms with Crippen molar-refractivity contribution in [2.75, 3.05) is 5.32 Å². The van der Waals surface area contributed by atoms with Crippen LogP contribution in [0.1, 0.15) is 41.2 Å². The second-order valence-electron chi connectivity index (χ2n) is 9.51. The number of carbonyl (C=O) groups is 1. The van der Waals surface area contributed by atoms with E-state index in [-0.39, 0.29) is 23.2 Å². The number of carbonyl (C=O) groups excluding carboxylic acids is 1. The quantitative estimate of drug-likeness (QED) is 0.470. The van der Waals surface area contributed by atoms with Gasteiger partial charge in [-0.15, -0.1) is 11.8 Å². The molecule has 2 heterocycles. The van der Waals surface area contributed by atoms with Crippen LogP contribution in [0.3, 0.4) is 0 Å². The number of nitrogens with one attached hydrogen (secondary N) is 1. The third kappa shape index (κ3) is 3.67. The van der Waals surface area contributed by atoms with Crippen molar-refractivity contribution in [3.63, 3.8) is 0 Å². The number of aryl methyl sites for hydroxylation is 1. The van der Waals surface area contributed by atoms with Crippen molar-refractivity contribution in [1.82, 2.24) is 4.57 Å². The molecule has 2 bridgehead atoms. The predicted molar refractivity (Wildman–Crippen MR) is 136 cm³/mol.